The Labute approximate surface area is 153 Å². The third kappa shape index (κ3) is 3.85. The van der Waals surface area contributed by atoms with E-state index >= 15 is 0 Å². The minimum absolute atomic E-state index is 0.288. The van der Waals surface area contributed by atoms with Crippen molar-refractivity contribution >= 4 is 5.96 Å². The van der Waals surface area contributed by atoms with Crippen LogP contribution in [0.3, 0.4) is 0 Å². The molecule has 1 aromatic carbocycles. The van der Waals surface area contributed by atoms with E-state index in [1.165, 1.54) is 12.1 Å². The number of benzene rings is 1. The summed E-state index contributed by atoms with van der Waals surface area (Å²) in [5, 5.41) is 12.2. The van der Waals surface area contributed by atoms with E-state index in [-0.39, 0.29) is 12.4 Å². The molecular weight excluding hydrogens is 331 g/mol. The van der Waals surface area contributed by atoms with Crippen LogP contribution >= 0.6 is 0 Å². The number of hydrogen-bond acceptors (Lipinski definition) is 3. The van der Waals surface area contributed by atoms with E-state index in [0.717, 1.165) is 25.5 Å². The van der Waals surface area contributed by atoms with Crippen LogP contribution in [0, 0.1) is 23.1 Å². The van der Waals surface area contributed by atoms with Crippen molar-refractivity contribution in [3.05, 3.63) is 53.9 Å². The number of piperidine rings is 1. The highest BCUT2D eigenvalue weighted by atomic mass is 19.1. The second kappa shape index (κ2) is 8.00. The number of aromatic nitrogens is 2. The summed E-state index contributed by atoms with van der Waals surface area (Å²) in [6.45, 7) is 4.25. The fourth-order valence-corrected chi connectivity index (χ4v) is 3.38. The number of nitrogens with one attached hydrogen (secondary N) is 1. The van der Waals surface area contributed by atoms with Gasteiger partial charge in [-0.05, 0) is 30.5 Å². The largest absolute Gasteiger partial charge is 0.352 e. The molecule has 3 rings (SSSR count). The first kappa shape index (κ1) is 17.9. The van der Waals surface area contributed by atoms with Crippen LogP contribution in [0.15, 0.2) is 41.9 Å². The Morgan fingerprint density at radius 3 is 3.04 bits per heavy atom. The molecule has 136 valence electrons. The first-order chi connectivity index (χ1) is 12.6. The lowest BCUT2D eigenvalue weighted by Gasteiger charge is -2.39. The highest BCUT2D eigenvalue weighted by Crippen LogP contribution is 2.27. The summed E-state index contributed by atoms with van der Waals surface area (Å²) in [6.07, 6.45) is 6.68. The second-order valence-corrected chi connectivity index (χ2v) is 6.61. The predicted molar refractivity (Wildman–Crippen MR) is 97.9 cm³/mol. The third-order valence-corrected chi connectivity index (χ3v) is 4.95. The van der Waals surface area contributed by atoms with Crippen LogP contribution in [-0.2, 0) is 6.54 Å². The van der Waals surface area contributed by atoms with Gasteiger partial charge in [0.25, 0.3) is 0 Å². The quantitative estimate of drug-likeness (QED) is 0.679. The number of halogens is 1. The fraction of sp³-hybridized carbons (Fsp3) is 0.421. The smallest absolute Gasteiger partial charge is 0.193 e. The van der Waals surface area contributed by atoms with Crippen molar-refractivity contribution in [2.75, 3.05) is 20.1 Å². The molecule has 0 aliphatic carbocycles. The Bertz CT molecular complexity index is 808. The van der Waals surface area contributed by atoms with E-state index in [9.17, 15) is 4.39 Å². The van der Waals surface area contributed by atoms with Crippen LogP contribution in [0.5, 0.6) is 0 Å². The third-order valence-electron chi connectivity index (χ3n) is 4.95. The van der Waals surface area contributed by atoms with Gasteiger partial charge in [0.2, 0.25) is 0 Å². The maximum Gasteiger partial charge on any atom is 0.193 e. The first-order valence-electron chi connectivity index (χ1n) is 8.74. The van der Waals surface area contributed by atoms with Gasteiger partial charge in [-0.3, -0.25) is 4.99 Å². The van der Waals surface area contributed by atoms with Crippen molar-refractivity contribution in [1.82, 2.24) is 19.8 Å². The first-order valence-corrected chi connectivity index (χ1v) is 8.74. The molecule has 0 spiro atoms. The van der Waals surface area contributed by atoms with Crippen LogP contribution in [0.1, 0.15) is 30.5 Å². The highest BCUT2D eigenvalue weighted by molar-refractivity contribution is 5.80. The van der Waals surface area contributed by atoms with Crippen LogP contribution in [-0.4, -0.2) is 40.5 Å². The molecule has 1 N–H and O–H groups in total. The summed E-state index contributed by atoms with van der Waals surface area (Å²) in [7, 11) is 1.73. The molecule has 0 saturated carbocycles. The van der Waals surface area contributed by atoms with Gasteiger partial charge < -0.3 is 14.8 Å². The number of imidazole rings is 1. The Morgan fingerprint density at radius 1 is 1.50 bits per heavy atom. The van der Waals surface area contributed by atoms with Crippen LogP contribution in [0.4, 0.5) is 4.39 Å². The highest BCUT2D eigenvalue weighted by Gasteiger charge is 2.28. The average Bonchev–Trinajstić information content (AvgIpc) is 3.19. The summed E-state index contributed by atoms with van der Waals surface area (Å²) in [5.74, 6) is 0.961. The predicted octanol–water partition coefficient (Wildman–Crippen LogP) is 2.55. The number of hydrogen-bond donors (Lipinski definition) is 1. The minimum atomic E-state index is -0.324. The molecule has 0 bridgehead atoms. The van der Waals surface area contributed by atoms with E-state index in [0.29, 0.717) is 23.1 Å². The summed E-state index contributed by atoms with van der Waals surface area (Å²) in [6, 6.07) is 6.75. The lowest BCUT2D eigenvalue weighted by Crippen LogP contribution is -2.48. The van der Waals surface area contributed by atoms with E-state index in [4.69, 9.17) is 5.26 Å². The van der Waals surface area contributed by atoms with Crippen molar-refractivity contribution in [3.63, 3.8) is 0 Å². The van der Waals surface area contributed by atoms with Gasteiger partial charge in [0.15, 0.2) is 5.96 Å². The second-order valence-electron chi connectivity index (χ2n) is 6.61. The molecule has 2 aromatic rings. The number of guanidine groups is 1. The standard InChI is InChI=1S/C19H23FN6/c1-14-5-7-25(12-18(14)26-8-6-23-13-26)19(22-2)24-11-16-9-15(10-21)3-4-17(16)20/h3-4,6,8-9,13-14,18H,5,7,11-12H2,1-2H3,(H,22,24). The van der Waals surface area contributed by atoms with Gasteiger partial charge in [-0.2, -0.15) is 5.26 Å². The molecule has 1 aliphatic rings. The molecule has 7 heteroatoms. The molecule has 0 radical (unpaired) electrons. The zero-order valence-corrected chi connectivity index (χ0v) is 15.1. The molecule has 6 nitrogen and oxygen atoms in total. The topological polar surface area (TPSA) is 69.2 Å². The normalized spacial score (nSPS) is 20.7. The van der Waals surface area contributed by atoms with Gasteiger partial charge in [0.05, 0.1) is 24.0 Å². The molecule has 26 heavy (non-hydrogen) atoms. The van der Waals surface area contributed by atoms with Crippen molar-refractivity contribution in [2.45, 2.75) is 25.9 Å². The van der Waals surface area contributed by atoms with Crippen molar-refractivity contribution in [3.8, 4) is 6.07 Å². The van der Waals surface area contributed by atoms with Crippen molar-refractivity contribution < 1.29 is 4.39 Å². The molecule has 2 unspecified atom stereocenters. The Hall–Kier alpha value is -2.88. The van der Waals surface area contributed by atoms with Gasteiger partial charge in [-0.1, -0.05) is 6.92 Å². The Balaban J connectivity index is 1.69. The number of nitrogens with zero attached hydrogens (tertiary/aromatic N) is 5. The molecular formula is C19H23FN6. The van der Waals surface area contributed by atoms with Crippen LogP contribution in [0.25, 0.3) is 0 Å². The van der Waals surface area contributed by atoms with Gasteiger partial charge >= 0.3 is 0 Å². The number of nitriles is 1. The maximum atomic E-state index is 14.0. The monoisotopic (exact) mass is 354 g/mol. The fourth-order valence-electron chi connectivity index (χ4n) is 3.38. The lowest BCUT2D eigenvalue weighted by molar-refractivity contribution is 0.189. The number of rotatable bonds is 3. The van der Waals surface area contributed by atoms with Crippen molar-refractivity contribution in [2.24, 2.45) is 10.9 Å². The van der Waals surface area contributed by atoms with Gasteiger partial charge in [0.1, 0.15) is 5.82 Å². The maximum absolute atomic E-state index is 14.0. The van der Waals surface area contributed by atoms with Gasteiger partial charge in [0, 0.05) is 44.6 Å². The molecule has 1 saturated heterocycles. The zero-order valence-electron chi connectivity index (χ0n) is 15.1. The molecule has 1 aromatic heterocycles. The summed E-state index contributed by atoms with van der Waals surface area (Å²) in [4.78, 5) is 10.7. The van der Waals surface area contributed by atoms with E-state index in [1.807, 2.05) is 18.6 Å². The van der Waals surface area contributed by atoms with E-state index < -0.39 is 0 Å². The van der Waals surface area contributed by atoms with Gasteiger partial charge in [-0.15, -0.1) is 0 Å². The molecule has 1 aliphatic heterocycles. The molecule has 1 fully saturated rings. The number of aliphatic imine (C=N–C) groups is 1. The van der Waals surface area contributed by atoms with E-state index in [2.05, 4.69) is 31.7 Å². The summed E-state index contributed by atoms with van der Waals surface area (Å²) < 4.78 is 16.1. The SMILES string of the molecule is CN=C(NCc1cc(C#N)ccc1F)N1CCC(C)C(n2ccnc2)C1. The van der Waals surface area contributed by atoms with Gasteiger partial charge in [-0.25, -0.2) is 9.37 Å². The minimum Gasteiger partial charge on any atom is -0.352 e. The molecule has 0 amide bonds. The molecule has 2 heterocycles. The Morgan fingerprint density at radius 2 is 2.35 bits per heavy atom. The molecule has 2 atom stereocenters. The lowest BCUT2D eigenvalue weighted by atomic mass is 9.93. The summed E-state index contributed by atoms with van der Waals surface area (Å²) in [5.41, 5.74) is 0.909. The number of likely N-dealkylation sites (tertiary alicyclic amines) is 1. The average molecular weight is 354 g/mol. The Kier molecular flexibility index (Phi) is 5.52. The van der Waals surface area contributed by atoms with E-state index in [1.54, 1.807) is 19.3 Å². The van der Waals surface area contributed by atoms with Crippen LogP contribution in [0.2, 0.25) is 0 Å². The van der Waals surface area contributed by atoms with Crippen molar-refractivity contribution in [1.29, 1.82) is 5.26 Å². The van der Waals surface area contributed by atoms with Crippen LogP contribution < -0.4 is 5.32 Å². The summed E-state index contributed by atoms with van der Waals surface area (Å²) >= 11 is 0. The zero-order chi connectivity index (χ0) is 18.5.